The molecule has 0 aromatic heterocycles. The molecule has 1 aliphatic heterocycles. The lowest BCUT2D eigenvalue weighted by molar-refractivity contribution is 0.0560. The zero-order valence-corrected chi connectivity index (χ0v) is 7.10. The third kappa shape index (κ3) is 3.30. The van der Waals surface area contributed by atoms with Gasteiger partial charge in [-0.25, -0.2) is 19.6 Å². The van der Waals surface area contributed by atoms with Gasteiger partial charge in [-0.3, -0.25) is 0 Å². The Balaban J connectivity index is 2.27. The van der Waals surface area contributed by atoms with Crippen LogP contribution in [-0.4, -0.2) is 37.5 Å². The fourth-order valence-corrected chi connectivity index (χ4v) is 1.33. The smallest absolute Gasteiger partial charge is 0.235 e. The lowest BCUT2D eigenvalue weighted by atomic mass is 10.2. The molecular formula is C8H10N2O3. The molecule has 0 aromatic rings. The van der Waals surface area contributed by atoms with Gasteiger partial charge in [-0.2, -0.15) is 0 Å². The summed E-state index contributed by atoms with van der Waals surface area (Å²) in [6.07, 6.45) is 4.59. The van der Waals surface area contributed by atoms with E-state index in [2.05, 4.69) is 9.98 Å². The summed E-state index contributed by atoms with van der Waals surface area (Å²) in [4.78, 5) is 26.5. The van der Waals surface area contributed by atoms with E-state index in [0.717, 1.165) is 12.8 Å². The molecule has 70 valence electrons. The predicted octanol–water partition coefficient (Wildman–Crippen LogP) is 0.206. The highest BCUT2D eigenvalue weighted by molar-refractivity contribution is 5.33. The van der Waals surface area contributed by atoms with E-state index in [1.807, 2.05) is 0 Å². The first-order valence-electron chi connectivity index (χ1n) is 4.09. The second-order valence-electron chi connectivity index (χ2n) is 2.82. The molecule has 0 spiro atoms. The molecule has 0 aliphatic carbocycles. The van der Waals surface area contributed by atoms with Crippen LogP contribution in [0.5, 0.6) is 0 Å². The SMILES string of the molecule is O=C=NC[C@H]1CC[C@@H](CN=C=O)O1. The van der Waals surface area contributed by atoms with Crippen molar-refractivity contribution >= 4 is 12.2 Å². The minimum atomic E-state index is -0.0201. The maximum Gasteiger partial charge on any atom is 0.235 e. The minimum Gasteiger partial charge on any atom is -0.371 e. The molecule has 0 radical (unpaired) electrons. The zero-order valence-electron chi connectivity index (χ0n) is 7.10. The highest BCUT2D eigenvalue weighted by Gasteiger charge is 2.24. The summed E-state index contributed by atoms with van der Waals surface area (Å²) in [5, 5.41) is 0. The van der Waals surface area contributed by atoms with Gasteiger partial charge in [-0.15, -0.1) is 0 Å². The van der Waals surface area contributed by atoms with Crippen LogP contribution in [0.4, 0.5) is 0 Å². The van der Waals surface area contributed by atoms with Gasteiger partial charge in [0.25, 0.3) is 0 Å². The van der Waals surface area contributed by atoms with Crippen LogP contribution in [0.15, 0.2) is 9.98 Å². The van der Waals surface area contributed by atoms with Gasteiger partial charge in [0, 0.05) is 0 Å². The van der Waals surface area contributed by atoms with Crippen LogP contribution in [-0.2, 0) is 14.3 Å². The van der Waals surface area contributed by atoms with Crippen molar-refractivity contribution in [3.8, 4) is 0 Å². The van der Waals surface area contributed by atoms with E-state index in [1.165, 1.54) is 12.2 Å². The summed E-state index contributed by atoms with van der Waals surface area (Å²) >= 11 is 0. The van der Waals surface area contributed by atoms with Crippen LogP contribution in [0.25, 0.3) is 0 Å². The Bertz CT molecular complexity index is 228. The van der Waals surface area contributed by atoms with Crippen molar-refractivity contribution in [3.05, 3.63) is 0 Å². The molecule has 2 atom stereocenters. The van der Waals surface area contributed by atoms with Crippen molar-refractivity contribution < 1.29 is 14.3 Å². The number of ether oxygens (including phenoxy) is 1. The van der Waals surface area contributed by atoms with Gasteiger partial charge >= 0.3 is 0 Å². The standard InChI is InChI=1S/C8H10N2O3/c11-5-9-3-7-1-2-8(13-7)4-10-6-12/h7-8H,1-4H2/t7-,8+. The van der Waals surface area contributed by atoms with Crippen molar-refractivity contribution in [2.45, 2.75) is 25.0 Å². The third-order valence-electron chi connectivity index (χ3n) is 1.91. The van der Waals surface area contributed by atoms with Crippen molar-refractivity contribution in [2.24, 2.45) is 9.98 Å². The molecule has 13 heavy (non-hydrogen) atoms. The van der Waals surface area contributed by atoms with Crippen LogP contribution in [0.1, 0.15) is 12.8 Å². The normalized spacial score (nSPS) is 26.2. The van der Waals surface area contributed by atoms with Crippen molar-refractivity contribution in [2.75, 3.05) is 13.1 Å². The first-order chi connectivity index (χ1) is 6.36. The highest BCUT2D eigenvalue weighted by atomic mass is 16.5. The van der Waals surface area contributed by atoms with Gasteiger partial charge in [0.15, 0.2) is 0 Å². The first-order valence-corrected chi connectivity index (χ1v) is 4.09. The molecule has 0 N–H and O–H groups in total. The molecule has 0 unspecified atom stereocenters. The van der Waals surface area contributed by atoms with Crippen molar-refractivity contribution in [1.82, 2.24) is 0 Å². The van der Waals surface area contributed by atoms with E-state index in [1.54, 1.807) is 0 Å². The Morgan fingerprint density at radius 3 is 1.92 bits per heavy atom. The molecule has 0 bridgehead atoms. The van der Waals surface area contributed by atoms with Crippen molar-refractivity contribution in [3.63, 3.8) is 0 Å². The van der Waals surface area contributed by atoms with Crippen LogP contribution in [0.2, 0.25) is 0 Å². The number of carbonyl (C=O) groups excluding carboxylic acids is 2. The summed E-state index contributed by atoms with van der Waals surface area (Å²) in [5.41, 5.74) is 0. The first kappa shape index (κ1) is 9.81. The second-order valence-corrected chi connectivity index (χ2v) is 2.82. The molecule has 1 rings (SSSR count). The van der Waals surface area contributed by atoms with E-state index in [0.29, 0.717) is 13.1 Å². The number of nitrogens with zero attached hydrogens (tertiary/aromatic N) is 2. The van der Waals surface area contributed by atoms with Gasteiger partial charge in [0.2, 0.25) is 12.2 Å². The topological polar surface area (TPSA) is 68.1 Å². The van der Waals surface area contributed by atoms with E-state index >= 15 is 0 Å². The number of isocyanates is 2. The van der Waals surface area contributed by atoms with E-state index in [-0.39, 0.29) is 12.2 Å². The van der Waals surface area contributed by atoms with Gasteiger partial charge in [0.1, 0.15) is 0 Å². The van der Waals surface area contributed by atoms with Crippen LogP contribution in [0.3, 0.4) is 0 Å². The zero-order chi connectivity index (χ0) is 9.52. The summed E-state index contributed by atoms with van der Waals surface area (Å²) in [6.45, 7) is 0.704. The van der Waals surface area contributed by atoms with Crippen LogP contribution < -0.4 is 0 Å². The summed E-state index contributed by atoms with van der Waals surface area (Å²) in [5.74, 6) is 0. The van der Waals surface area contributed by atoms with Gasteiger partial charge in [0.05, 0.1) is 25.3 Å². The number of rotatable bonds is 4. The third-order valence-corrected chi connectivity index (χ3v) is 1.91. The van der Waals surface area contributed by atoms with Gasteiger partial charge in [-0.05, 0) is 12.8 Å². The summed E-state index contributed by atoms with van der Waals surface area (Å²) < 4.78 is 5.42. The monoisotopic (exact) mass is 182 g/mol. The van der Waals surface area contributed by atoms with E-state index in [4.69, 9.17) is 4.74 Å². The Kier molecular flexibility index (Phi) is 4.06. The Morgan fingerprint density at radius 2 is 1.54 bits per heavy atom. The summed E-state index contributed by atoms with van der Waals surface area (Å²) in [7, 11) is 0. The Labute approximate surface area is 75.5 Å². The summed E-state index contributed by atoms with van der Waals surface area (Å²) in [6, 6.07) is 0. The average Bonchev–Trinajstić information content (AvgIpc) is 2.59. The van der Waals surface area contributed by atoms with Gasteiger partial charge in [-0.1, -0.05) is 0 Å². The molecular weight excluding hydrogens is 172 g/mol. The lowest BCUT2D eigenvalue weighted by Crippen LogP contribution is -2.15. The van der Waals surface area contributed by atoms with Crippen molar-refractivity contribution in [1.29, 1.82) is 0 Å². The van der Waals surface area contributed by atoms with E-state index in [9.17, 15) is 9.59 Å². The largest absolute Gasteiger partial charge is 0.371 e. The average molecular weight is 182 g/mol. The molecule has 0 aromatic carbocycles. The molecule has 1 saturated heterocycles. The van der Waals surface area contributed by atoms with Crippen LogP contribution >= 0.6 is 0 Å². The molecule has 5 nitrogen and oxygen atoms in total. The fourth-order valence-electron chi connectivity index (χ4n) is 1.33. The molecule has 1 fully saturated rings. The molecule has 1 heterocycles. The van der Waals surface area contributed by atoms with Crippen LogP contribution in [0, 0.1) is 0 Å². The maximum atomic E-state index is 9.80. The number of hydrogen-bond acceptors (Lipinski definition) is 5. The minimum absolute atomic E-state index is 0.0201. The Morgan fingerprint density at radius 1 is 1.08 bits per heavy atom. The van der Waals surface area contributed by atoms with Gasteiger partial charge < -0.3 is 4.74 Å². The quantitative estimate of drug-likeness (QED) is 0.461. The molecule has 0 saturated carbocycles. The number of aliphatic imine (C=N–C) groups is 2. The second kappa shape index (κ2) is 5.38. The predicted molar refractivity (Wildman–Crippen MR) is 43.9 cm³/mol. The molecule has 5 heteroatoms. The maximum absolute atomic E-state index is 9.80. The highest BCUT2D eigenvalue weighted by Crippen LogP contribution is 2.19. The molecule has 1 aliphatic rings. The molecule has 0 amide bonds. The Hall–Kier alpha value is -1.28. The van der Waals surface area contributed by atoms with E-state index < -0.39 is 0 Å². The lowest BCUT2D eigenvalue weighted by Gasteiger charge is -2.07. The number of hydrogen-bond donors (Lipinski definition) is 0. The fraction of sp³-hybridized carbons (Fsp3) is 0.750.